The third kappa shape index (κ3) is 2.85. The summed E-state index contributed by atoms with van der Waals surface area (Å²) in [4.78, 5) is 0. The van der Waals surface area contributed by atoms with E-state index < -0.39 is 0 Å². The number of methoxy groups -OCH3 is 1. The number of ether oxygens (including phenoxy) is 1. The van der Waals surface area contributed by atoms with Crippen molar-refractivity contribution in [1.29, 1.82) is 0 Å². The van der Waals surface area contributed by atoms with Gasteiger partial charge in [0.15, 0.2) is 5.75 Å². The molecule has 0 radical (unpaired) electrons. The Morgan fingerprint density at radius 1 is 1.50 bits per heavy atom. The number of hydrogen-bond acceptors (Lipinski definition) is 3. The Kier molecular flexibility index (Phi) is 5.07. The minimum Gasteiger partial charge on any atom is -0.493 e. The summed E-state index contributed by atoms with van der Waals surface area (Å²) in [5.74, 6) is 0.755. The molecule has 0 amide bonds. The maximum atomic E-state index is 6.37. The summed E-state index contributed by atoms with van der Waals surface area (Å²) >= 11 is 9.80. The fourth-order valence-electron chi connectivity index (χ4n) is 2.25. The van der Waals surface area contributed by atoms with Crippen LogP contribution in [0, 0.1) is 0 Å². The van der Waals surface area contributed by atoms with Gasteiger partial charge in [0.05, 0.1) is 19.3 Å². The van der Waals surface area contributed by atoms with Crippen molar-refractivity contribution in [3.63, 3.8) is 0 Å². The van der Waals surface area contributed by atoms with Crippen LogP contribution in [0.25, 0.3) is 0 Å². The maximum Gasteiger partial charge on any atom is 0.161 e. The van der Waals surface area contributed by atoms with Gasteiger partial charge in [0.1, 0.15) is 5.69 Å². The molecule has 0 aliphatic carbocycles. The van der Waals surface area contributed by atoms with Crippen molar-refractivity contribution in [2.24, 2.45) is 0 Å². The number of aryl methyl sites for hydroxylation is 1. The average molecular weight is 359 g/mol. The second kappa shape index (κ2) is 6.61. The molecule has 4 nitrogen and oxygen atoms in total. The lowest BCUT2D eigenvalue weighted by Crippen LogP contribution is -2.22. The number of nitrogens with one attached hydrogen (secondary N) is 1. The summed E-state index contributed by atoms with van der Waals surface area (Å²) in [5.41, 5.74) is 1.97. The van der Waals surface area contributed by atoms with Crippen molar-refractivity contribution in [1.82, 2.24) is 15.1 Å². The van der Waals surface area contributed by atoms with Gasteiger partial charge in [-0.25, -0.2) is 0 Å². The van der Waals surface area contributed by atoms with E-state index in [1.807, 2.05) is 36.9 Å². The normalized spacial score (nSPS) is 12.4. The molecule has 1 atom stereocenters. The van der Waals surface area contributed by atoms with Gasteiger partial charge in [0.25, 0.3) is 0 Å². The van der Waals surface area contributed by atoms with E-state index in [1.165, 1.54) is 0 Å². The van der Waals surface area contributed by atoms with E-state index in [-0.39, 0.29) is 6.04 Å². The van der Waals surface area contributed by atoms with E-state index >= 15 is 0 Å². The van der Waals surface area contributed by atoms with E-state index in [1.54, 1.807) is 13.3 Å². The summed E-state index contributed by atoms with van der Waals surface area (Å²) < 4.78 is 8.29. The lowest BCUT2D eigenvalue weighted by atomic mass is 10.0. The Balaban J connectivity index is 2.54. The van der Waals surface area contributed by atoms with Crippen LogP contribution in [0.2, 0.25) is 5.02 Å². The number of halogens is 2. The molecule has 6 heteroatoms. The molecule has 1 heterocycles. The first-order valence-corrected chi connectivity index (χ1v) is 7.51. The van der Waals surface area contributed by atoms with Crippen LogP contribution >= 0.6 is 27.5 Å². The van der Waals surface area contributed by atoms with Gasteiger partial charge in [0, 0.05) is 16.0 Å². The maximum absolute atomic E-state index is 6.37. The second-order valence-electron chi connectivity index (χ2n) is 4.30. The molecule has 0 aliphatic rings. The molecule has 0 saturated heterocycles. The van der Waals surface area contributed by atoms with Gasteiger partial charge < -0.3 is 10.1 Å². The van der Waals surface area contributed by atoms with Crippen LogP contribution in [0.1, 0.15) is 24.2 Å². The molecular weight excluding hydrogens is 342 g/mol. The molecular formula is C14H17BrClN3O. The van der Waals surface area contributed by atoms with Crippen molar-refractivity contribution in [2.75, 3.05) is 14.2 Å². The van der Waals surface area contributed by atoms with Crippen LogP contribution in [0.15, 0.2) is 28.9 Å². The Morgan fingerprint density at radius 3 is 2.80 bits per heavy atom. The molecule has 0 bridgehead atoms. The summed E-state index contributed by atoms with van der Waals surface area (Å²) in [6, 6.07) is 5.79. The van der Waals surface area contributed by atoms with Crippen LogP contribution < -0.4 is 10.1 Å². The van der Waals surface area contributed by atoms with E-state index in [9.17, 15) is 0 Å². The predicted molar refractivity (Wildman–Crippen MR) is 84.5 cm³/mol. The number of rotatable bonds is 5. The van der Waals surface area contributed by atoms with E-state index in [2.05, 4.69) is 26.3 Å². The molecule has 2 aromatic rings. The third-order valence-corrected chi connectivity index (χ3v) is 4.02. The first-order chi connectivity index (χ1) is 9.62. The first kappa shape index (κ1) is 15.4. The van der Waals surface area contributed by atoms with Gasteiger partial charge in [-0.2, -0.15) is 5.10 Å². The molecule has 1 N–H and O–H groups in total. The second-order valence-corrected chi connectivity index (χ2v) is 5.62. The molecule has 0 saturated carbocycles. The minimum atomic E-state index is -0.0759. The number of hydrogen-bond donors (Lipinski definition) is 1. The van der Waals surface area contributed by atoms with Crippen LogP contribution in [0.4, 0.5) is 0 Å². The van der Waals surface area contributed by atoms with Gasteiger partial charge in [-0.1, -0.05) is 33.6 Å². The smallest absolute Gasteiger partial charge is 0.161 e. The number of aromatic nitrogens is 2. The molecule has 0 aliphatic heterocycles. The average Bonchev–Trinajstić information content (AvgIpc) is 2.85. The predicted octanol–water partition coefficient (Wildman–Crippen LogP) is 3.64. The Labute approximate surface area is 132 Å². The van der Waals surface area contributed by atoms with Crippen LogP contribution in [0.3, 0.4) is 0 Å². The van der Waals surface area contributed by atoms with Crippen molar-refractivity contribution < 1.29 is 4.74 Å². The molecule has 20 heavy (non-hydrogen) atoms. The summed E-state index contributed by atoms with van der Waals surface area (Å²) in [7, 11) is 3.55. The molecule has 0 fully saturated rings. The van der Waals surface area contributed by atoms with Gasteiger partial charge in [-0.3, -0.25) is 4.68 Å². The Morgan fingerprint density at radius 2 is 2.25 bits per heavy atom. The van der Waals surface area contributed by atoms with E-state index in [4.69, 9.17) is 16.3 Å². The molecule has 1 aromatic carbocycles. The lowest BCUT2D eigenvalue weighted by molar-refractivity contribution is 0.401. The number of nitrogens with zero attached hydrogens (tertiary/aromatic N) is 2. The fourth-order valence-corrected chi connectivity index (χ4v) is 3.04. The summed E-state index contributed by atoms with van der Waals surface area (Å²) in [5, 5.41) is 8.33. The van der Waals surface area contributed by atoms with Gasteiger partial charge in [0.2, 0.25) is 0 Å². The zero-order valence-electron chi connectivity index (χ0n) is 11.7. The van der Waals surface area contributed by atoms with Crippen molar-refractivity contribution in [3.05, 3.63) is 45.1 Å². The first-order valence-electron chi connectivity index (χ1n) is 6.34. The minimum absolute atomic E-state index is 0.0759. The van der Waals surface area contributed by atoms with Gasteiger partial charge in [-0.05, 0) is 31.7 Å². The molecule has 2 rings (SSSR count). The van der Waals surface area contributed by atoms with Crippen molar-refractivity contribution >= 4 is 27.5 Å². The topological polar surface area (TPSA) is 39.1 Å². The molecule has 1 unspecified atom stereocenters. The van der Waals surface area contributed by atoms with Crippen molar-refractivity contribution in [2.45, 2.75) is 19.5 Å². The van der Waals surface area contributed by atoms with E-state index in [0.29, 0.717) is 5.02 Å². The zero-order chi connectivity index (χ0) is 14.7. The van der Waals surface area contributed by atoms with Crippen molar-refractivity contribution in [3.8, 4) is 5.75 Å². The molecule has 1 aromatic heterocycles. The van der Waals surface area contributed by atoms with Gasteiger partial charge in [-0.15, -0.1) is 0 Å². The summed E-state index contributed by atoms with van der Waals surface area (Å²) in [6.45, 7) is 2.82. The monoisotopic (exact) mass is 357 g/mol. The van der Waals surface area contributed by atoms with Crippen LogP contribution in [0.5, 0.6) is 5.75 Å². The summed E-state index contributed by atoms with van der Waals surface area (Å²) in [6.07, 6.45) is 1.73. The lowest BCUT2D eigenvalue weighted by Gasteiger charge is -2.20. The molecule has 108 valence electrons. The third-order valence-electron chi connectivity index (χ3n) is 3.20. The Bertz CT molecular complexity index is 579. The molecule has 0 spiro atoms. The standard InChI is InChI=1S/C14H17BrClN3O/c1-4-19-14(12(20-3)8-18-19)13(17-2)10-6-5-9(15)7-11(10)16/h5-8,13,17H,4H2,1-3H3. The SMILES string of the molecule is CCn1ncc(OC)c1C(NC)c1ccc(Br)cc1Cl. The highest BCUT2D eigenvalue weighted by Gasteiger charge is 2.23. The number of benzene rings is 1. The highest BCUT2D eigenvalue weighted by atomic mass is 79.9. The zero-order valence-corrected chi connectivity index (χ0v) is 14.0. The van der Waals surface area contributed by atoms with Crippen LogP contribution in [-0.4, -0.2) is 23.9 Å². The van der Waals surface area contributed by atoms with E-state index in [0.717, 1.165) is 28.0 Å². The van der Waals surface area contributed by atoms with Gasteiger partial charge >= 0.3 is 0 Å². The highest BCUT2D eigenvalue weighted by Crippen LogP contribution is 2.34. The van der Waals surface area contributed by atoms with Crippen LogP contribution in [-0.2, 0) is 6.54 Å². The largest absolute Gasteiger partial charge is 0.493 e. The quantitative estimate of drug-likeness (QED) is 0.887. The Hall–Kier alpha value is -1.04. The highest BCUT2D eigenvalue weighted by molar-refractivity contribution is 9.10. The fraction of sp³-hybridized carbons (Fsp3) is 0.357.